The highest BCUT2D eigenvalue weighted by Crippen LogP contribution is 2.26. The zero-order chi connectivity index (χ0) is 17.9. The molecular weight excluding hydrogens is 338 g/mol. The molecule has 0 amide bonds. The Labute approximate surface area is 155 Å². The lowest BCUT2D eigenvalue weighted by Gasteiger charge is -2.20. The normalized spacial score (nSPS) is 11.4. The molecule has 4 nitrogen and oxygen atoms in total. The molecule has 1 aromatic heterocycles. The van der Waals surface area contributed by atoms with Crippen LogP contribution in [-0.2, 0) is 9.47 Å². The number of hydrogen-bond donors (Lipinski definition) is 0. The summed E-state index contributed by atoms with van der Waals surface area (Å²) in [5, 5.41) is 1.42. The molecule has 5 heteroatoms. The van der Waals surface area contributed by atoms with Crippen LogP contribution >= 0.6 is 11.6 Å². The van der Waals surface area contributed by atoms with E-state index in [1.807, 2.05) is 24.3 Å². The Kier molecular flexibility index (Phi) is 9.02. The zero-order valence-electron chi connectivity index (χ0n) is 15.2. The van der Waals surface area contributed by atoms with Gasteiger partial charge in [0.15, 0.2) is 0 Å². The molecule has 0 radical (unpaired) electrons. The lowest BCUT2D eigenvalue weighted by Crippen LogP contribution is -2.29. The summed E-state index contributed by atoms with van der Waals surface area (Å²) in [6.07, 6.45) is 4.21. The van der Waals surface area contributed by atoms with Gasteiger partial charge in [-0.3, -0.25) is 0 Å². The molecule has 138 valence electrons. The molecule has 2 aromatic rings. The van der Waals surface area contributed by atoms with Crippen molar-refractivity contribution in [2.75, 3.05) is 26.4 Å². The first-order valence-corrected chi connectivity index (χ1v) is 9.49. The summed E-state index contributed by atoms with van der Waals surface area (Å²) in [4.78, 5) is 4.34. The average Bonchev–Trinajstić information content (AvgIpc) is 2.62. The molecule has 0 aliphatic heterocycles. The number of pyridine rings is 1. The summed E-state index contributed by atoms with van der Waals surface area (Å²) in [5.41, 5.74) is 0.822. The summed E-state index contributed by atoms with van der Waals surface area (Å²) < 4.78 is 17.7. The van der Waals surface area contributed by atoms with Crippen LogP contribution in [0, 0.1) is 0 Å². The van der Waals surface area contributed by atoms with Gasteiger partial charge in [-0.05, 0) is 37.1 Å². The maximum Gasteiger partial charge on any atom is 0.145 e. The summed E-state index contributed by atoms with van der Waals surface area (Å²) in [6, 6.07) is 9.52. The second-order valence-electron chi connectivity index (χ2n) is 6.05. The van der Waals surface area contributed by atoms with Crippen molar-refractivity contribution < 1.29 is 14.2 Å². The summed E-state index contributed by atoms with van der Waals surface area (Å²) in [6.45, 7) is 6.84. The first-order chi connectivity index (χ1) is 12.2. The topological polar surface area (TPSA) is 40.6 Å². The maximum absolute atomic E-state index is 6.19. The first kappa shape index (κ1) is 20.0. The van der Waals surface area contributed by atoms with Crippen LogP contribution in [0.5, 0.6) is 5.75 Å². The van der Waals surface area contributed by atoms with Crippen LogP contribution in [0.2, 0.25) is 5.15 Å². The van der Waals surface area contributed by atoms with Crippen LogP contribution in [0.15, 0.2) is 30.3 Å². The standard InChI is InChI=1S/C20H28ClNO3/c1-3-5-12-23-14-16(15-24-13-6-4-2)25-19-9-7-8-18-17(19)10-11-20(21)22-18/h7-11,16H,3-6,12-15H2,1-2H3. The van der Waals surface area contributed by atoms with Gasteiger partial charge in [-0.15, -0.1) is 0 Å². The Balaban J connectivity index is 2.03. The van der Waals surface area contributed by atoms with Gasteiger partial charge in [0.05, 0.1) is 18.7 Å². The van der Waals surface area contributed by atoms with Crippen molar-refractivity contribution in [2.45, 2.75) is 45.6 Å². The average molecular weight is 366 g/mol. The third kappa shape index (κ3) is 6.81. The minimum Gasteiger partial charge on any atom is -0.485 e. The van der Waals surface area contributed by atoms with Gasteiger partial charge in [0, 0.05) is 18.6 Å². The number of rotatable bonds is 12. The lowest BCUT2D eigenvalue weighted by atomic mass is 10.2. The van der Waals surface area contributed by atoms with E-state index in [2.05, 4.69) is 18.8 Å². The van der Waals surface area contributed by atoms with Gasteiger partial charge in [-0.2, -0.15) is 0 Å². The quantitative estimate of drug-likeness (QED) is 0.379. The van der Waals surface area contributed by atoms with Gasteiger partial charge >= 0.3 is 0 Å². The van der Waals surface area contributed by atoms with E-state index in [1.165, 1.54) is 0 Å². The molecule has 0 aliphatic rings. The van der Waals surface area contributed by atoms with Gasteiger partial charge in [0.25, 0.3) is 0 Å². The Morgan fingerprint density at radius 3 is 2.28 bits per heavy atom. The van der Waals surface area contributed by atoms with Gasteiger partial charge in [0.2, 0.25) is 0 Å². The van der Waals surface area contributed by atoms with Crippen molar-refractivity contribution in [3.05, 3.63) is 35.5 Å². The fourth-order valence-electron chi connectivity index (χ4n) is 2.42. The fourth-order valence-corrected chi connectivity index (χ4v) is 2.58. The molecule has 25 heavy (non-hydrogen) atoms. The molecule has 0 atom stereocenters. The maximum atomic E-state index is 6.19. The predicted molar refractivity (Wildman–Crippen MR) is 103 cm³/mol. The zero-order valence-corrected chi connectivity index (χ0v) is 15.9. The first-order valence-electron chi connectivity index (χ1n) is 9.12. The predicted octanol–water partition coefficient (Wildman–Crippen LogP) is 5.27. The van der Waals surface area contributed by atoms with E-state index in [9.17, 15) is 0 Å². The van der Waals surface area contributed by atoms with Crippen LogP contribution in [0.25, 0.3) is 10.9 Å². The van der Waals surface area contributed by atoms with Crippen LogP contribution in [0.1, 0.15) is 39.5 Å². The Bertz CT molecular complexity index is 623. The largest absolute Gasteiger partial charge is 0.485 e. The minimum atomic E-state index is -0.144. The second-order valence-corrected chi connectivity index (χ2v) is 6.44. The minimum absolute atomic E-state index is 0.144. The van der Waals surface area contributed by atoms with Gasteiger partial charge in [-0.1, -0.05) is 44.4 Å². The van der Waals surface area contributed by atoms with Gasteiger partial charge < -0.3 is 14.2 Å². The molecule has 0 N–H and O–H groups in total. The van der Waals surface area contributed by atoms with E-state index in [-0.39, 0.29) is 6.10 Å². The van der Waals surface area contributed by atoms with Crippen LogP contribution in [-0.4, -0.2) is 37.5 Å². The highest BCUT2D eigenvalue weighted by atomic mass is 35.5. The number of halogens is 1. The molecule has 0 unspecified atom stereocenters. The number of nitrogens with zero attached hydrogens (tertiary/aromatic N) is 1. The molecule has 0 saturated carbocycles. The number of hydrogen-bond acceptors (Lipinski definition) is 4. The van der Waals surface area contributed by atoms with E-state index >= 15 is 0 Å². The highest BCUT2D eigenvalue weighted by Gasteiger charge is 2.14. The van der Waals surface area contributed by atoms with Crippen LogP contribution < -0.4 is 4.74 Å². The molecule has 1 heterocycles. The van der Waals surface area contributed by atoms with Crippen LogP contribution in [0.4, 0.5) is 0 Å². The van der Waals surface area contributed by atoms with E-state index in [0.717, 1.165) is 55.5 Å². The molecule has 0 fully saturated rings. The lowest BCUT2D eigenvalue weighted by molar-refractivity contribution is -0.00676. The van der Waals surface area contributed by atoms with Crippen molar-refractivity contribution in [3.8, 4) is 5.75 Å². The molecule has 0 saturated heterocycles. The van der Waals surface area contributed by atoms with Crippen molar-refractivity contribution in [1.82, 2.24) is 4.98 Å². The summed E-state index contributed by atoms with van der Waals surface area (Å²) in [7, 11) is 0. The van der Waals surface area contributed by atoms with E-state index in [4.69, 9.17) is 25.8 Å². The second kappa shape index (κ2) is 11.3. The highest BCUT2D eigenvalue weighted by molar-refractivity contribution is 6.29. The SMILES string of the molecule is CCCCOCC(COCCCC)Oc1cccc2nc(Cl)ccc12. The molecule has 1 aromatic carbocycles. The number of fused-ring (bicyclic) bond motifs is 1. The smallest absolute Gasteiger partial charge is 0.145 e. The number of benzene rings is 1. The van der Waals surface area contributed by atoms with E-state index in [1.54, 1.807) is 6.07 Å². The Morgan fingerprint density at radius 2 is 1.64 bits per heavy atom. The molecular formula is C20H28ClNO3. The van der Waals surface area contributed by atoms with Crippen LogP contribution in [0.3, 0.4) is 0 Å². The Morgan fingerprint density at radius 1 is 0.960 bits per heavy atom. The van der Waals surface area contributed by atoms with E-state index < -0.39 is 0 Å². The number of unbranched alkanes of at least 4 members (excludes halogenated alkanes) is 2. The third-order valence-corrected chi connectivity index (χ3v) is 4.05. The molecule has 0 aliphatic carbocycles. The summed E-state index contributed by atoms with van der Waals surface area (Å²) in [5.74, 6) is 0.782. The Hall–Kier alpha value is -1.36. The fraction of sp³-hybridized carbons (Fsp3) is 0.550. The van der Waals surface area contributed by atoms with Gasteiger partial charge in [-0.25, -0.2) is 4.98 Å². The van der Waals surface area contributed by atoms with Crippen molar-refractivity contribution in [3.63, 3.8) is 0 Å². The van der Waals surface area contributed by atoms with Crippen molar-refractivity contribution >= 4 is 22.5 Å². The third-order valence-electron chi connectivity index (χ3n) is 3.84. The number of aromatic nitrogens is 1. The number of ether oxygens (including phenoxy) is 3. The van der Waals surface area contributed by atoms with Crippen molar-refractivity contribution in [2.24, 2.45) is 0 Å². The van der Waals surface area contributed by atoms with Gasteiger partial charge in [0.1, 0.15) is 17.0 Å². The molecule has 0 spiro atoms. The molecule has 2 rings (SSSR count). The van der Waals surface area contributed by atoms with Crippen molar-refractivity contribution in [1.29, 1.82) is 0 Å². The monoisotopic (exact) mass is 365 g/mol. The summed E-state index contributed by atoms with van der Waals surface area (Å²) >= 11 is 5.98. The molecule has 0 bridgehead atoms. The van der Waals surface area contributed by atoms with E-state index in [0.29, 0.717) is 18.4 Å².